The lowest BCUT2D eigenvalue weighted by Gasteiger charge is -2.32. The fourth-order valence-corrected chi connectivity index (χ4v) is 1.54. The molecule has 0 bridgehead atoms. The molecule has 0 aliphatic rings. The molecule has 0 aromatic carbocycles. The minimum atomic E-state index is 0.115. The fraction of sp³-hybridized carbons (Fsp3) is 0.909. The van der Waals surface area contributed by atoms with E-state index in [0.717, 1.165) is 25.8 Å². The van der Waals surface area contributed by atoms with Crippen LogP contribution in [0.1, 0.15) is 47.0 Å². The normalized spacial score (nSPS) is 13.8. The summed E-state index contributed by atoms with van der Waals surface area (Å²) >= 11 is 0. The van der Waals surface area contributed by atoms with Crippen molar-refractivity contribution in [2.24, 2.45) is 5.92 Å². The molecular weight excluding hydrogens is 160 g/mol. The molecule has 0 saturated carbocycles. The van der Waals surface area contributed by atoms with Crippen LogP contribution in [-0.2, 0) is 0 Å². The van der Waals surface area contributed by atoms with Gasteiger partial charge in [0, 0.05) is 12.1 Å². The third-order valence-corrected chi connectivity index (χ3v) is 3.03. The number of nitrogens with one attached hydrogen (secondary N) is 1. The molecular formula is C11H22N2. The second-order valence-corrected chi connectivity index (χ2v) is 3.75. The Labute approximate surface area is 82.3 Å². The Morgan fingerprint density at radius 3 is 2.00 bits per heavy atom. The van der Waals surface area contributed by atoms with Crippen molar-refractivity contribution in [3.63, 3.8) is 0 Å². The van der Waals surface area contributed by atoms with E-state index in [-0.39, 0.29) is 11.5 Å². The molecule has 2 nitrogen and oxygen atoms in total. The van der Waals surface area contributed by atoms with Crippen molar-refractivity contribution in [2.75, 3.05) is 6.54 Å². The smallest absolute Gasteiger partial charge is 0.0666 e. The van der Waals surface area contributed by atoms with Gasteiger partial charge in [-0.15, -0.1) is 0 Å². The van der Waals surface area contributed by atoms with E-state index in [4.69, 9.17) is 5.26 Å². The number of hydrogen-bond donors (Lipinski definition) is 1. The zero-order valence-electron chi connectivity index (χ0n) is 9.35. The Kier molecular flexibility index (Phi) is 5.73. The summed E-state index contributed by atoms with van der Waals surface area (Å²) in [6, 6.07) is 2.25. The molecule has 13 heavy (non-hydrogen) atoms. The van der Waals surface area contributed by atoms with Crippen LogP contribution in [0.5, 0.6) is 0 Å². The van der Waals surface area contributed by atoms with Crippen LogP contribution in [-0.4, -0.2) is 12.1 Å². The Balaban J connectivity index is 4.04. The second kappa shape index (κ2) is 5.99. The summed E-state index contributed by atoms with van der Waals surface area (Å²) in [5.41, 5.74) is 0.255. The first-order chi connectivity index (χ1) is 6.14. The van der Waals surface area contributed by atoms with Gasteiger partial charge in [-0.25, -0.2) is 0 Å². The largest absolute Gasteiger partial charge is 0.310 e. The van der Waals surface area contributed by atoms with E-state index in [2.05, 4.69) is 32.2 Å². The molecule has 0 fully saturated rings. The van der Waals surface area contributed by atoms with Gasteiger partial charge in [0.1, 0.15) is 0 Å². The molecule has 0 aliphatic heterocycles. The predicted molar refractivity (Wildman–Crippen MR) is 56.4 cm³/mol. The SMILES string of the molecule is CCC(CC)(CC)NCC(C)C#N. The highest BCUT2D eigenvalue weighted by atomic mass is 15.0. The van der Waals surface area contributed by atoms with Gasteiger partial charge in [0.15, 0.2) is 0 Å². The summed E-state index contributed by atoms with van der Waals surface area (Å²) in [6.45, 7) is 9.38. The van der Waals surface area contributed by atoms with Crippen LogP contribution >= 0.6 is 0 Å². The third-order valence-electron chi connectivity index (χ3n) is 3.03. The van der Waals surface area contributed by atoms with Gasteiger partial charge in [0.25, 0.3) is 0 Å². The van der Waals surface area contributed by atoms with E-state index < -0.39 is 0 Å². The number of hydrogen-bond acceptors (Lipinski definition) is 2. The summed E-state index contributed by atoms with van der Waals surface area (Å²) in [4.78, 5) is 0. The first-order valence-electron chi connectivity index (χ1n) is 5.28. The van der Waals surface area contributed by atoms with E-state index in [9.17, 15) is 0 Å². The van der Waals surface area contributed by atoms with Crippen molar-refractivity contribution in [1.82, 2.24) is 5.32 Å². The molecule has 0 saturated heterocycles. The predicted octanol–water partition coefficient (Wildman–Crippen LogP) is 2.70. The summed E-state index contributed by atoms with van der Waals surface area (Å²) in [6.07, 6.45) is 3.41. The summed E-state index contributed by atoms with van der Waals surface area (Å²) in [7, 11) is 0. The zero-order chi connectivity index (χ0) is 10.3. The Morgan fingerprint density at radius 2 is 1.69 bits per heavy atom. The monoisotopic (exact) mass is 182 g/mol. The van der Waals surface area contributed by atoms with Crippen molar-refractivity contribution in [2.45, 2.75) is 52.5 Å². The van der Waals surface area contributed by atoms with Crippen molar-refractivity contribution in [3.8, 4) is 6.07 Å². The molecule has 0 aromatic rings. The first kappa shape index (κ1) is 12.4. The molecule has 0 spiro atoms. The minimum Gasteiger partial charge on any atom is -0.310 e. The van der Waals surface area contributed by atoms with Crippen molar-refractivity contribution in [1.29, 1.82) is 5.26 Å². The van der Waals surface area contributed by atoms with Crippen LogP contribution in [0.2, 0.25) is 0 Å². The lowest BCUT2D eigenvalue weighted by Crippen LogP contribution is -2.45. The topological polar surface area (TPSA) is 35.8 Å². The van der Waals surface area contributed by atoms with Gasteiger partial charge in [-0.3, -0.25) is 0 Å². The van der Waals surface area contributed by atoms with Crippen LogP contribution in [0.25, 0.3) is 0 Å². The summed E-state index contributed by atoms with van der Waals surface area (Å²) < 4.78 is 0. The molecule has 0 aliphatic carbocycles. The highest BCUT2D eigenvalue weighted by Crippen LogP contribution is 2.19. The number of nitriles is 1. The average Bonchev–Trinajstić information content (AvgIpc) is 2.20. The lowest BCUT2D eigenvalue weighted by molar-refractivity contribution is 0.283. The van der Waals surface area contributed by atoms with E-state index >= 15 is 0 Å². The van der Waals surface area contributed by atoms with Gasteiger partial charge >= 0.3 is 0 Å². The third kappa shape index (κ3) is 3.78. The lowest BCUT2D eigenvalue weighted by atomic mass is 9.89. The maximum atomic E-state index is 8.66. The quantitative estimate of drug-likeness (QED) is 0.685. The van der Waals surface area contributed by atoms with Gasteiger partial charge in [0.05, 0.1) is 12.0 Å². The summed E-state index contributed by atoms with van der Waals surface area (Å²) in [5.74, 6) is 0.115. The molecule has 76 valence electrons. The van der Waals surface area contributed by atoms with Gasteiger partial charge in [0.2, 0.25) is 0 Å². The van der Waals surface area contributed by atoms with E-state index in [1.54, 1.807) is 0 Å². The van der Waals surface area contributed by atoms with Gasteiger partial charge in [-0.2, -0.15) is 5.26 Å². The van der Waals surface area contributed by atoms with E-state index in [1.165, 1.54) is 0 Å². The first-order valence-corrected chi connectivity index (χ1v) is 5.28. The molecule has 1 unspecified atom stereocenters. The van der Waals surface area contributed by atoms with Crippen molar-refractivity contribution >= 4 is 0 Å². The molecule has 0 heterocycles. The van der Waals surface area contributed by atoms with Crippen LogP contribution in [0, 0.1) is 17.2 Å². The van der Waals surface area contributed by atoms with Crippen LogP contribution < -0.4 is 5.32 Å². The van der Waals surface area contributed by atoms with Gasteiger partial charge in [-0.05, 0) is 26.2 Å². The van der Waals surface area contributed by atoms with Crippen LogP contribution in [0.4, 0.5) is 0 Å². The number of rotatable bonds is 6. The maximum absolute atomic E-state index is 8.66. The molecule has 0 rings (SSSR count). The molecule has 0 radical (unpaired) electrons. The second-order valence-electron chi connectivity index (χ2n) is 3.75. The zero-order valence-corrected chi connectivity index (χ0v) is 9.35. The molecule has 0 aromatic heterocycles. The Morgan fingerprint density at radius 1 is 1.23 bits per heavy atom. The molecule has 1 atom stereocenters. The minimum absolute atomic E-state index is 0.115. The highest BCUT2D eigenvalue weighted by molar-refractivity contribution is 4.88. The number of nitrogens with zero attached hydrogens (tertiary/aromatic N) is 1. The highest BCUT2D eigenvalue weighted by Gasteiger charge is 2.23. The van der Waals surface area contributed by atoms with Gasteiger partial charge in [-0.1, -0.05) is 20.8 Å². The van der Waals surface area contributed by atoms with Crippen LogP contribution in [0.3, 0.4) is 0 Å². The maximum Gasteiger partial charge on any atom is 0.0666 e. The van der Waals surface area contributed by atoms with Crippen LogP contribution in [0.15, 0.2) is 0 Å². The summed E-state index contributed by atoms with van der Waals surface area (Å²) in [5, 5.41) is 12.2. The Hall–Kier alpha value is -0.550. The average molecular weight is 182 g/mol. The van der Waals surface area contributed by atoms with E-state index in [1.807, 2.05) is 6.92 Å². The van der Waals surface area contributed by atoms with Crippen molar-refractivity contribution < 1.29 is 0 Å². The molecule has 2 heteroatoms. The fourth-order valence-electron chi connectivity index (χ4n) is 1.54. The van der Waals surface area contributed by atoms with Gasteiger partial charge < -0.3 is 5.32 Å². The Bertz CT molecular complexity index is 157. The van der Waals surface area contributed by atoms with E-state index in [0.29, 0.717) is 0 Å². The van der Waals surface area contributed by atoms with Crippen molar-refractivity contribution in [3.05, 3.63) is 0 Å². The standard InChI is InChI=1S/C11H22N2/c1-5-11(6-2,7-3)13-9-10(4)8-12/h10,13H,5-7,9H2,1-4H3. The molecule has 0 amide bonds. The molecule has 1 N–H and O–H groups in total.